The van der Waals surface area contributed by atoms with Crippen molar-refractivity contribution in [3.05, 3.63) is 28.3 Å². The minimum absolute atomic E-state index is 0.0794. The standard InChI is InChI=1S/C9H12N2O5S/c1-6(2)17(15,16)10-8-4-3-7(11(13)14)5-9(8)12/h3-6,10,12H,1-2H3. The summed E-state index contributed by atoms with van der Waals surface area (Å²) in [5, 5.41) is 19.2. The van der Waals surface area contributed by atoms with E-state index >= 15 is 0 Å². The molecule has 0 aromatic heterocycles. The molecule has 0 fully saturated rings. The van der Waals surface area contributed by atoms with Gasteiger partial charge in [-0.3, -0.25) is 14.8 Å². The first-order valence-corrected chi connectivity index (χ1v) is 6.27. The fraction of sp³-hybridized carbons (Fsp3) is 0.333. The Hall–Kier alpha value is -1.83. The van der Waals surface area contributed by atoms with Crippen molar-refractivity contribution in [3.63, 3.8) is 0 Å². The van der Waals surface area contributed by atoms with Crippen molar-refractivity contribution >= 4 is 21.4 Å². The Morgan fingerprint density at radius 2 is 2.00 bits per heavy atom. The van der Waals surface area contributed by atoms with Crippen LogP contribution in [0.4, 0.5) is 11.4 Å². The van der Waals surface area contributed by atoms with E-state index in [0.29, 0.717) is 0 Å². The molecule has 0 bridgehead atoms. The number of nitrogens with zero attached hydrogens (tertiary/aromatic N) is 1. The Morgan fingerprint density at radius 1 is 1.41 bits per heavy atom. The zero-order valence-electron chi connectivity index (χ0n) is 9.25. The van der Waals surface area contributed by atoms with Gasteiger partial charge in [0.2, 0.25) is 10.0 Å². The van der Waals surface area contributed by atoms with Gasteiger partial charge in [-0.1, -0.05) is 0 Å². The number of rotatable bonds is 4. The average molecular weight is 260 g/mol. The largest absolute Gasteiger partial charge is 0.505 e. The highest BCUT2D eigenvalue weighted by atomic mass is 32.2. The highest BCUT2D eigenvalue weighted by molar-refractivity contribution is 7.93. The lowest BCUT2D eigenvalue weighted by Crippen LogP contribution is -2.22. The Bertz CT molecular complexity index is 538. The molecule has 2 N–H and O–H groups in total. The highest BCUT2D eigenvalue weighted by Crippen LogP contribution is 2.28. The van der Waals surface area contributed by atoms with Crippen molar-refractivity contribution in [2.45, 2.75) is 19.1 Å². The molecule has 7 nitrogen and oxygen atoms in total. The predicted molar refractivity (Wildman–Crippen MR) is 62.4 cm³/mol. The van der Waals surface area contributed by atoms with E-state index in [2.05, 4.69) is 4.72 Å². The third kappa shape index (κ3) is 3.06. The normalized spacial score (nSPS) is 11.5. The maximum Gasteiger partial charge on any atom is 0.273 e. The van der Waals surface area contributed by atoms with Crippen molar-refractivity contribution < 1.29 is 18.4 Å². The Labute approximate surface area is 98.3 Å². The minimum Gasteiger partial charge on any atom is -0.505 e. The number of sulfonamides is 1. The lowest BCUT2D eigenvalue weighted by molar-refractivity contribution is -0.384. The number of phenols is 1. The third-order valence-electron chi connectivity index (χ3n) is 2.06. The zero-order valence-corrected chi connectivity index (χ0v) is 10.1. The van der Waals surface area contributed by atoms with Gasteiger partial charge in [0.05, 0.1) is 21.9 Å². The van der Waals surface area contributed by atoms with E-state index < -0.39 is 25.9 Å². The Morgan fingerprint density at radius 3 is 2.41 bits per heavy atom. The topological polar surface area (TPSA) is 110 Å². The number of non-ortho nitro benzene ring substituents is 1. The van der Waals surface area contributed by atoms with Crippen LogP contribution in [0.15, 0.2) is 18.2 Å². The molecule has 17 heavy (non-hydrogen) atoms. The van der Waals surface area contributed by atoms with Crippen LogP contribution in [0.3, 0.4) is 0 Å². The van der Waals surface area contributed by atoms with Gasteiger partial charge in [-0.15, -0.1) is 0 Å². The fourth-order valence-electron chi connectivity index (χ4n) is 0.991. The molecule has 0 atom stereocenters. The first kappa shape index (κ1) is 13.2. The molecule has 0 radical (unpaired) electrons. The first-order valence-electron chi connectivity index (χ1n) is 4.73. The monoisotopic (exact) mass is 260 g/mol. The summed E-state index contributed by atoms with van der Waals surface area (Å²) in [5.41, 5.74) is -0.390. The van der Waals surface area contributed by atoms with Gasteiger partial charge in [0.15, 0.2) is 0 Å². The smallest absolute Gasteiger partial charge is 0.273 e. The fourth-order valence-corrected chi connectivity index (χ4v) is 1.71. The Balaban J connectivity index is 3.06. The number of benzene rings is 1. The second-order valence-electron chi connectivity index (χ2n) is 3.65. The van der Waals surface area contributed by atoms with E-state index in [0.717, 1.165) is 18.2 Å². The molecule has 94 valence electrons. The number of hydrogen-bond acceptors (Lipinski definition) is 5. The quantitative estimate of drug-likeness (QED) is 0.483. The van der Waals surface area contributed by atoms with E-state index in [1.165, 1.54) is 13.8 Å². The number of nitro groups is 1. The SMILES string of the molecule is CC(C)S(=O)(=O)Nc1ccc([N+](=O)[O-])cc1O. The van der Waals surface area contributed by atoms with Gasteiger partial charge in [-0.2, -0.15) is 0 Å². The van der Waals surface area contributed by atoms with Gasteiger partial charge < -0.3 is 5.11 Å². The molecule has 1 aromatic carbocycles. The van der Waals surface area contributed by atoms with Gasteiger partial charge in [-0.25, -0.2) is 8.42 Å². The van der Waals surface area contributed by atoms with E-state index in [9.17, 15) is 23.6 Å². The molecule has 0 saturated heterocycles. The molecule has 0 unspecified atom stereocenters. The summed E-state index contributed by atoms with van der Waals surface area (Å²) in [5.74, 6) is -0.483. The van der Waals surface area contributed by atoms with Crippen LogP contribution in [0.25, 0.3) is 0 Å². The molecule has 0 aliphatic carbocycles. The van der Waals surface area contributed by atoms with E-state index in [-0.39, 0.29) is 11.4 Å². The summed E-state index contributed by atoms with van der Waals surface area (Å²) >= 11 is 0. The van der Waals surface area contributed by atoms with Gasteiger partial charge in [-0.05, 0) is 19.9 Å². The minimum atomic E-state index is -3.59. The van der Waals surface area contributed by atoms with Crippen LogP contribution in [0.2, 0.25) is 0 Å². The molecular weight excluding hydrogens is 248 g/mol. The van der Waals surface area contributed by atoms with E-state index in [4.69, 9.17) is 0 Å². The van der Waals surface area contributed by atoms with Crippen LogP contribution in [0.5, 0.6) is 5.75 Å². The van der Waals surface area contributed by atoms with Crippen LogP contribution in [0.1, 0.15) is 13.8 Å². The van der Waals surface area contributed by atoms with Gasteiger partial charge >= 0.3 is 0 Å². The molecule has 0 aliphatic heterocycles. The summed E-state index contributed by atoms with van der Waals surface area (Å²) in [6.07, 6.45) is 0. The van der Waals surface area contributed by atoms with Crippen molar-refractivity contribution in [2.75, 3.05) is 4.72 Å². The van der Waals surface area contributed by atoms with Crippen molar-refractivity contribution in [1.29, 1.82) is 0 Å². The van der Waals surface area contributed by atoms with Crippen LogP contribution < -0.4 is 4.72 Å². The molecule has 1 aromatic rings. The van der Waals surface area contributed by atoms with E-state index in [1.807, 2.05) is 0 Å². The average Bonchev–Trinajstić information content (AvgIpc) is 2.20. The lowest BCUT2D eigenvalue weighted by Gasteiger charge is -2.11. The maximum absolute atomic E-state index is 11.5. The summed E-state index contributed by atoms with van der Waals surface area (Å²) in [6.45, 7) is 2.95. The number of nitro benzene ring substituents is 1. The molecule has 0 spiro atoms. The maximum atomic E-state index is 11.5. The second kappa shape index (κ2) is 4.58. The van der Waals surface area contributed by atoms with Crippen LogP contribution in [0, 0.1) is 10.1 Å². The van der Waals surface area contributed by atoms with Crippen LogP contribution in [-0.2, 0) is 10.0 Å². The molecular formula is C9H12N2O5S. The van der Waals surface area contributed by atoms with E-state index in [1.54, 1.807) is 0 Å². The predicted octanol–water partition coefficient (Wildman–Crippen LogP) is 1.45. The number of hydrogen-bond donors (Lipinski definition) is 2. The van der Waals surface area contributed by atoms with Crippen molar-refractivity contribution in [2.24, 2.45) is 0 Å². The molecule has 1 rings (SSSR count). The van der Waals surface area contributed by atoms with Crippen LogP contribution in [-0.4, -0.2) is 23.7 Å². The van der Waals surface area contributed by atoms with Gasteiger partial charge in [0.25, 0.3) is 5.69 Å². The Kier molecular flexibility index (Phi) is 3.56. The summed E-state index contributed by atoms with van der Waals surface area (Å²) in [7, 11) is -3.59. The summed E-state index contributed by atoms with van der Waals surface area (Å²) < 4.78 is 25.2. The number of aromatic hydroxyl groups is 1. The molecule has 0 saturated carbocycles. The third-order valence-corrected chi connectivity index (χ3v) is 3.81. The molecule has 8 heteroatoms. The number of nitrogens with one attached hydrogen (secondary N) is 1. The first-order chi connectivity index (χ1) is 7.74. The van der Waals surface area contributed by atoms with Gasteiger partial charge in [0, 0.05) is 6.07 Å². The zero-order chi connectivity index (χ0) is 13.2. The molecule has 0 aliphatic rings. The highest BCUT2D eigenvalue weighted by Gasteiger charge is 2.18. The molecule has 0 amide bonds. The summed E-state index contributed by atoms with van der Waals surface area (Å²) in [4.78, 5) is 9.73. The number of anilines is 1. The van der Waals surface area contributed by atoms with Crippen LogP contribution >= 0.6 is 0 Å². The van der Waals surface area contributed by atoms with Gasteiger partial charge in [0.1, 0.15) is 5.75 Å². The van der Waals surface area contributed by atoms with Crippen molar-refractivity contribution in [3.8, 4) is 5.75 Å². The molecule has 0 heterocycles. The second-order valence-corrected chi connectivity index (χ2v) is 5.89. The lowest BCUT2D eigenvalue weighted by atomic mass is 10.2. The summed E-state index contributed by atoms with van der Waals surface area (Å²) in [6, 6.07) is 3.14. The van der Waals surface area contributed by atoms with Crippen molar-refractivity contribution in [1.82, 2.24) is 0 Å². The number of phenolic OH excluding ortho intramolecular Hbond substituents is 1.